The fourth-order valence-corrected chi connectivity index (χ4v) is 1.70. The molecule has 0 spiro atoms. The Morgan fingerprint density at radius 2 is 1.55 bits per heavy atom. The summed E-state index contributed by atoms with van der Waals surface area (Å²) in [5.41, 5.74) is 0.288. The van der Waals surface area contributed by atoms with E-state index < -0.39 is 5.41 Å². The molecular weight excluding hydrogens is 284 g/mol. The maximum Gasteiger partial charge on any atom is 0.302 e. The number of carbonyl (C=O) groups is 2. The van der Waals surface area contributed by atoms with E-state index in [1.54, 1.807) is 24.3 Å². The highest BCUT2D eigenvalue weighted by molar-refractivity contribution is 5.99. The van der Waals surface area contributed by atoms with Crippen LogP contribution in [0.25, 0.3) is 0 Å². The van der Waals surface area contributed by atoms with Crippen molar-refractivity contribution in [3.8, 4) is 5.75 Å². The lowest BCUT2D eigenvalue weighted by molar-refractivity contribution is -0.142. The lowest BCUT2D eigenvalue weighted by Crippen LogP contribution is -2.20. The standard InChI is InChI=1S/C17H24O5/c1-13(18)21-11-9-20-10-12-22-15-7-5-14(6-8-15)16(19)17(2,3)4/h5-8H,9-12H2,1-4H3. The smallest absolute Gasteiger partial charge is 0.302 e. The number of carbonyl (C=O) groups excluding carboxylic acids is 2. The second-order valence-corrected chi connectivity index (χ2v) is 5.90. The molecule has 22 heavy (non-hydrogen) atoms. The third kappa shape index (κ3) is 6.72. The Balaban J connectivity index is 2.28. The third-order valence-corrected chi connectivity index (χ3v) is 2.83. The summed E-state index contributed by atoms with van der Waals surface area (Å²) >= 11 is 0. The topological polar surface area (TPSA) is 61.8 Å². The van der Waals surface area contributed by atoms with Crippen molar-refractivity contribution >= 4 is 11.8 Å². The first-order valence-corrected chi connectivity index (χ1v) is 7.29. The van der Waals surface area contributed by atoms with Crippen LogP contribution >= 0.6 is 0 Å². The third-order valence-electron chi connectivity index (χ3n) is 2.83. The lowest BCUT2D eigenvalue weighted by atomic mass is 9.86. The van der Waals surface area contributed by atoms with Crippen molar-refractivity contribution in [2.45, 2.75) is 27.7 Å². The molecule has 0 radical (unpaired) electrons. The van der Waals surface area contributed by atoms with Crippen molar-refractivity contribution in [2.24, 2.45) is 5.41 Å². The van der Waals surface area contributed by atoms with Gasteiger partial charge in [-0.15, -0.1) is 0 Å². The summed E-state index contributed by atoms with van der Waals surface area (Å²) in [4.78, 5) is 22.6. The largest absolute Gasteiger partial charge is 0.491 e. The van der Waals surface area contributed by atoms with E-state index in [0.29, 0.717) is 31.1 Å². The van der Waals surface area contributed by atoms with Gasteiger partial charge in [0.25, 0.3) is 0 Å². The van der Waals surface area contributed by atoms with Gasteiger partial charge in [-0.05, 0) is 24.3 Å². The van der Waals surface area contributed by atoms with Gasteiger partial charge in [-0.2, -0.15) is 0 Å². The van der Waals surface area contributed by atoms with Crippen LogP contribution in [0.1, 0.15) is 38.1 Å². The van der Waals surface area contributed by atoms with Gasteiger partial charge >= 0.3 is 5.97 Å². The normalized spacial score (nSPS) is 11.1. The summed E-state index contributed by atoms with van der Waals surface area (Å²) in [5, 5.41) is 0. The fourth-order valence-electron chi connectivity index (χ4n) is 1.70. The van der Waals surface area contributed by atoms with Gasteiger partial charge in [0.15, 0.2) is 5.78 Å². The second kappa shape index (κ2) is 8.54. The molecular formula is C17H24O5. The zero-order chi connectivity index (χ0) is 16.6. The Kier molecular flexibility index (Phi) is 7.05. The number of benzene rings is 1. The molecule has 1 aromatic carbocycles. The Morgan fingerprint density at radius 1 is 0.955 bits per heavy atom. The zero-order valence-electron chi connectivity index (χ0n) is 13.7. The summed E-state index contributed by atoms with van der Waals surface area (Å²) in [7, 11) is 0. The zero-order valence-corrected chi connectivity index (χ0v) is 13.7. The maximum absolute atomic E-state index is 12.1. The molecule has 0 saturated carbocycles. The number of rotatable bonds is 8. The molecule has 0 aromatic heterocycles. The Hall–Kier alpha value is -1.88. The molecule has 0 fully saturated rings. The summed E-state index contributed by atoms with van der Waals surface area (Å²) in [6.45, 7) is 8.45. The average Bonchev–Trinajstić information content (AvgIpc) is 2.45. The van der Waals surface area contributed by atoms with Gasteiger partial charge in [0, 0.05) is 17.9 Å². The Labute approximate surface area is 131 Å². The summed E-state index contributed by atoms with van der Waals surface area (Å²) in [6, 6.07) is 7.09. The van der Waals surface area contributed by atoms with E-state index in [1.165, 1.54) is 6.92 Å². The number of ether oxygens (including phenoxy) is 3. The van der Waals surface area contributed by atoms with Crippen LogP contribution < -0.4 is 4.74 Å². The van der Waals surface area contributed by atoms with E-state index in [4.69, 9.17) is 14.2 Å². The molecule has 0 aliphatic heterocycles. The fraction of sp³-hybridized carbons (Fsp3) is 0.529. The number of hydrogen-bond acceptors (Lipinski definition) is 5. The molecule has 122 valence electrons. The highest BCUT2D eigenvalue weighted by atomic mass is 16.6. The molecule has 0 atom stereocenters. The van der Waals surface area contributed by atoms with Crippen LogP contribution in [-0.4, -0.2) is 38.2 Å². The predicted octanol–water partition coefficient (Wildman–Crippen LogP) is 2.87. The highest BCUT2D eigenvalue weighted by Crippen LogP contribution is 2.22. The minimum Gasteiger partial charge on any atom is -0.491 e. The van der Waals surface area contributed by atoms with Crippen LogP contribution in [0, 0.1) is 5.41 Å². The molecule has 0 heterocycles. The summed E-state index contributed by atoms with van der Waals surface area (Å²) in [5.74, 6) is 0.478. The molecule has 0 saturated heterocycles. The van der Waals surface area contributed by atoms with Gasteiger partial charge in [-0.25, -0.2) is 0 Å². The maximum atomic E-state index is 12.1. The number of esters is 1. The van der Waals surface area contributed by atoms with Crippen LogP contribution in [-0.2, 0) is 14.3 Å². The highest BCUT2D eigenvalue weighted by Gasteiger charge is 2.22. The first kappa shape index (κ1) is 18.2. The Bertz CT molecular complexity index is 485. The van der Waals surface area contributed by atoms with Gasteiger partial charge in [-0.1, -0.05) is 20.8 Å². The minimum atomic E-state index is -0.391. The molecule has 0 N–H and O–H groups in total. The van der Waals surface area contributed by atoms with Gasteiger partial charge < -0.3 is 14.2 Å². The molecule has 1 aromatic rings. The van der Waals surface area contributed by atoms with Gasteiger partial charge in [-0.3, -0.25) is 9.59 Å². The van der Waals surface area contributed by atoms with E-state index in [-0.39, 0.29) is 18.4 Å². The first-order valence-electron chi connectivity index (χ1n) is 7.29. The molecule has 0 amide bonds. The van der Waals surface area contributed by atoms with Gasteiger partial charge in [0.05, 0.1) is 13.2 Å². The molecule has 0 bridgehead atoms. The monoisotopic (exact) mass is 308 g/mol. The van der Waals surface area contributed by atoms with Crippen molar-refractivity contribution in [3.05, 3.63) is 29.8 Å². The quantitative estimate of drug-likeness (QED) is 0.420. The molecule has 0 aliphatic rings. The van der Waals surface area contributed by atoms with Gasteiger partial charge in [0.2, 0.25) is 0 Å². The van der Waals surface area contributed by atoms with Crippen LogP contribution in [0.15, 0.2) is 24.3 Å². The van der Waals surface area contributed by atoms with Crippen molar-refractivity contribution < 1.29 is 23.8 Å². The minimum absolute atomic E-state index is 0.104. The first-order chi connectivity index (χ1) is 10.3. The lowest BCUT2D eigenvalue weighted by Gasteiger charge is -2.16. The van der Waals surface area contributed by atoms with E-state index in [9.17, 15) is 9.59 Å². The summed E-state index contributed by atoms with van der Waals surface area (Å²) < 4.78 is 15.5. The second-order valence-electron chi connectivity index (χ2n) is 5.90. The SMILES string of the molecule is CC(=O)OCCOCCOc1ccc(C(=O)C(C)(C)C)cc1. The molecule has 0 aliphatic carbocycles. The van der Waals surface area contributed by atoms with Crippen LogP contribution in [0.3, 0.4) is 0 Å². The summed E-state index contributed by atoms with van der Waals surface area (Å²) in [6.07, 6.45) is 0. The number of ketones is 1. The molecule has 5 nitrogen and oxygen atoms in total. The van der Waals surface area contributed by atoms with E-state index in [1.807, 2.05) is 20.8 Å². The van der Waals surface area contributed by atoms with Crippen molar-refractivity contribution in [3.63, 3.8) is 0 Å². The van der Waals surface area contributed by atoms with E-state index >= 15 is 0 Å². The van der Waals surface area contributed by atoms with Crippen molar-refractivity contribution in [1.29, 1.82) is 0 Å². The Morgan fingerprint density at radius 3 is 2.09 bits per heavy atom. The molecule has 1 rings (SSSR count). The van der Waals surface area contributed by atoms with Crippen molar-refractivity contribution in [2.75, 3.05) is 26.4 Å². The number of Topliss-reactive ketones (excluding diaryl/α,β-unsaturated/α-hetero) is 1. The van der Waals surface area contributed by atoms with Crippen LogP contribution in [0.5, 0.6) is 5.75 Å². The van der Waals surface area contributed by atoms with Crippen LogP contribution in [0.4, 0.5) is 0 Å². The van der Waals surface area contributed by atoms with Gasteiger partial charge in [0.1, 0.15) is 19.0 Å². The van der Waals surface area contributed by atoms with Crippen LogP contribution in [0.2, 0.25) is 0 Å². The van der Waals surface area contributed by atoms with E-state index in [0.717, 1.165) is 0 Å². The van der Waals surface area contributed by atoms with E-state index in [2.05, 4.69) is 0 Å². The molecule has 5 heteroatoms. The molecule has 0 unspecified atom stereocenters. The number of hydrogen-bond donors (Lipinski definition) is 0. The predicted molar refractivity (Wildman–Crippen MR) is 83.2 cm³/mol. The van der Waals surface area contributed by atoms with Crippen molar-refractivity contribution in [1.82, 2.24) is 0 Å². The average molecular weight is 308 g/mol.